The van der Waals surface area contributed by atoms with Gasteiger partial charge in [0.15, 0.2) is 11.9 Å². The van der Waals surface area contributed by atoms with Crippen LogP contribution in [0.1, 0.15) is 33.5 Å². The Balaban J connectivity index is 1.51. The zero-order chi connectivity index (χ0) is 22.7. The van der Waals surface area contributed by atoms with Gasteiger partial charge in [-0.25, -0.2) is 0 Å². The van der Waals surface area contributed by atoms with Crippen LogP contribution >= 0.6 is 0 Å². The maximum atomic E-state index is 12.8. The number of ether oxygens (including phenoxy) is 1. The Labute approximate surface area is 186 Å². The fourth-order valence-corrected chi connectivity index (χ4v) is 3.97. The normalized spacial score (nSPS) is 21.7. The van der Waals surface area contributed by atoms with E-state index in [0.717, 1.165) is 23.1 Å². The molecule has 1 fully saturated rings. The number of methoxy groups -OCH3 is 1. The molecule has 166 valence electrons. The van der Waals surface area contributed by atoms with Crippen molar-refractivity contribution in [2.45, 2.75) is 31.3 Å². The Morgan fingerprint density at radius 3 is 2.69 bits per heavy atom. The molecule has 0 bridgehead atoms. The number of hydrogen-bond donors (Lipinski definition) is 4. The molecule has 1 saturated heterocycles. The predicted octanol–water partition coefficient (Wildman–Crippen LogP) is 0.328. The van der Waals surface area contributed by atoms with Gasteiger partial charge in [-0.15, -0.1) is 0 Å². The summed E-state index contributed by atoms with van der Waals surface area (Å²) in [7, 11) is 1.56. The van der Waals surface area contributed by atoms with Crippen molar-refractivity contribution in [3.8, 4) is 17.6 Å². The Bertz CT molecular complexity index is 1090. The van der Waals surface area contributed by atoms with Crippen LogP contribution in [0, 0.1) is 11.8 Å². The highest BCUT2D eigenvalue weighted by Gasteiger charge is 2.45. The molecule has 2 aliphatic heterocycles. The number of carbonyl (C=O) groups is 2. The molecule has 2 aromatic rings. The van der Waals surface area contributed by atoms with Gasteiger partial charge in [-0.3, -0.25) is 14.9 Å². The van der Waals surface area contributed by atoms with Gasteiger partial charge in [-0.2, -0.15) is 0 Å². The lowest BCUT2D eigenvalue weighted by Gasteiger charge is -2.24. The highest BCUT2D eigenvalue weighted by molar-refractivity contribution is 5.99. The standard InChI is InChI=1S/C24H26N4O4/c1-32-19-7-6-18-15-28(21(29)20(18)14-19)13-11-24(22(30)26-23(31)27-24)10-8-16-2-4-17(5-3-16)9-12-25/h2-7,14,23,27,31H,9,11-13,15,25H2,1H3,(H,26,30). The summed E-state index contributed by atoms with van der Waals surface area (Å²) in [6.07, 6.45) is -0.184. The fourth-order valence-electron chi connectivity index (χ4n) is 3.97. The molecule has 2 amide bonds. The van der Waals surface area contributed by atoms with Gasteiger partial charge in [0.1, 0.15) is 5.75 Å². The second-order valence-corrected chi connectivity index (χ2v) is 7.91. The van der Waals surface area contributed by atoms with Gasteiger partial charge >= 0.3 is 0 Å². The van der Waals surface area contributed by atoms with Gasteiger partial charge < -0.3 is 25.8 Å². The summed E-state index contributed by atoms with van der Waals surface area (Å²) in [5, 5.41) is 15.3. The van der Waals surface area contributed by atoms with Crippen molar-refractivity contribution in [1.82, 2.24) is 15.5 Å². The quantitative estimate of drug-likeness (QED) is 0.487. The van der Waals surface area contributed by atoms with Crippen molar-refractivity contribution in [3.05, 3.63) is 64.7 Å². The van der Waals surface area contributed by atoms with Gasteiger partial charge in [0.25, 0.3) is 11.8 Å². The van der Waals surface area contributed by atoms with Gasteiger partial charge in [-0.05, 0) is 48.4 Å². The van der Waals surface area contributed by atoms with Gasteiger partial charge in [-0.1, -0.05) is 30.0 Å². The molecule has 2 atom stereocenters. The SMILES string of the molecule is COc1ccc2c(c1)C(=O)N(CCC1(C#Cc3ccc(CCN)cc3)NC(O)NC1=O)C2. The van der Waals surface area contributed by atoms with Crippen LogP contribution in [0.25, 0.3) is 0 Å². The fraction of sp³-hybridized carbons (Fsp3) is 0.333. The van der Waals surface area contributed by atoms with E-state index in [0.29, 0.717) is 30.9 Å². The molecule has 0 aliphatic carbocycles. The summed E-state index contributed by atoms with van der Waals surface area (Å²) >= 11 is 0. The number of nitrogens with one attached hydrogen (secondary N) is 2. The number of aliphatic hydroxyl groups is 1. The van der Waals surface area contributed by atoms with Crippen LogP contribution in [-0.2, 0) is 17.8 Å². The number of hydrogen-bond acceptors (Lipinski definition) is 6. The highest BCUT2D eigenvalue weighted by Crippen LogP contribution is 2.28. The Morgan fingerprint density at radius 2 is 2.03 bits per heavy atom. The van der Waals surface area contributed by atoms with E-state index in [4.69, 9.17) is 10.5 Å². The molecular weight excluding hydrogens is 408 g/mol. The van der Waals surface area contributed by atoms with Crippen LogP contribution < -0.4 is 21.1 Å². The van der Waals surface area contributed by atoms with Crippen molar-refractivity contribution in [2.75, 3.05) is 20.2 Å². The summed E-state index contributed by atoms with van der Waals surface area (Å²) in [6.45, 7) is 1.32. The molecule has 2 aliphatic rings. The van der Waals surface area contributed by atoms with Gasteiger partial charge in [0.2, 0.25) is 0 Å². The molecule has 0 aromatic heterocycles. The minimum Gasteiger partial charge on any atom is -0.497 e. The minimum atomic E-state index is -1.30. The summed E-state index contributed by atoms with van der Waals surface area (Å²) in [5.41, 5.74) is 7.66. The van der Waals surface area contributed by atoms with Gasteiger partial charge in [0, 0.05) is 30.6 Å². The zero-order valence-corrected chi connectivity index (χ0v) is 17.9. The number of nitrogens with two attached hydrogens (primary N) is 1. The Hall–Kier alpha value is -3.38. The van der Waals surface area contributed by atoms with Crippen LogP contribution in [0.2, 0.25) is 0 Å². The number of carbonyl (C=O) groups excluding carboxylic acids is 2. The van der Waals surface area contributed by atoms with E-state index in [1.165, 1.54) is 0 Å². The van der Waals surface area contributed by atoms with Crippen molar-refractivity contribution >= 4 is 11.8 Å². The van der Waals surface area contributed by atoms with Crippen LogP contribution in [-0.4, -0.2) is 53.9 Å². The summed E-state index contributed by atoms with van der Waals surface area (Å²) in [4.78, 5) is 27.2. The third-order valence-electron chi connectivity index (χ3n) is 5.80. The molecule has 4 rings (SSSR count). The van der Waals surface area contributed by atoms with E-state index >= 15 is 0 Å². The number of aliphatic hydroxyl groups excluding tert-OH is 1. The van der Waals surface area contributed by atoms with Gasteiger partial charge in [0.05, 0.1) is 7.11 Å². The number of benzene rings is 2. The maximum absolute atomic E-state index is 12.8. The first-order valence-corrected chi connectivity index (χ1v) is 10.5. The number of rotatable bonds is 6. The summed E-state index contributed by atoms with van der Waals surface area (Å²) in [5.74, 6) is 6.13. The molecule has 8 heteroatoms. The van der Waals surface area contributed by atoms with E-state index in [-0.39, 0.29) is 12.3 Å². The first-order valence-electron chi connectivity index (χ1n) is 10.5. The molecule has 2 heterocycles. The Morgan fingerprint density at radius 1 is 1.25 bits per heavy atom. The number of nitrogens with zero attached hydrogens (tertiary/aromatic N) is 1. The summed E-state index contributed by atoms with van der Waals surface area (Å²) < 4.78 is 5.22. The van der Waals surface area contributed by atoms with Crippen molar-refractivity contribution in [1.29, 1.82) is 0 Å². The Kier molecular flexibility index (Phi) is 6.15. The maximum Gasteiger partial charge on any atom is 0.256 e. The van der Waals surface area contributed by atoms with Crippen LogP contribution in [0.15, 0.2) is 42.5 Å². The van der Waals surface area contributed by atoms with Crippen molar-refractivity contribution < 1.29 is 19.4 Å². The van der Waals surface area contributed by atoms with E-state index in [9.17, 15) is 14.7 Å². The van der Waals surface area contributed by atoms with Crippen LogP contribution in [0.3, 0.4) is 0 Å². The molecular formula is C24H26N4O4. The van der Waals surface area contributed by atoms with E-state index in [1.54, 1.807) is 18.1 Å². The average molecular weight is 434 g/mol. The van der Waals surface area contributed by atoms with Crippen LogP contribution in [0.4, 0.5) is 0 Å². The molecule has 32 heavy (non-hydrogen) atoms. The predicted molar refractivity (Wildman–Crippen MR) is 118 cm³/mol. The second kappa shape index (κ2) is 9.01. The monoisotopic (exact) mass is 434 g/mol. The third-order valence-corrected chi connectivity index (χ3v) is 5.80. The highest BCUT2D eigenvalue weighted by atomic mass is 16.5. The molecule has 5 N–H and O–H groups in total. The number of fused-ring (bicyclic) bond motifs is 1. The molecule has 0 saturated carbocycles. The van der Waals surface area contributed by atoms with Crippen LogP contribution in [0.5, 0.6) is 5.75 Å². The molecule has 0 spiro atoms. The first-order chi connectivity index (χ1) is 15.4. The average Bonchev–Trinajstić information content (AvgIpc) is 3.26. The third kappa shape index (κ3) is 4.32. The molecule has 2 aromatic carbocycles. The summed E-state index contributed by atoms with van der Waals surface area (Å²) in [6, 6.07) is 13.1. The minimum absolute atomic E-state index is 0.114. The lowest BCUT2D eigenvalue weighted by molar-refractivity contribution is -0.123. The largest absolute Gasteiger partial charge is 0.497 e. The topological polar surface area (TPSA) is 117 Å². The lowest BCUT2D eigenvalue weighted by Crippen LogP contribution is -2.48. The molecule has 8 nitrogen and oxygen atoms in total. The second-order valence-electron chi connectivity index (χ2n) is 7.91. The van der Waals surface area contributed by atoms with E-state index in [2.05, 4.69) is 22.5 Å². The number of amides is 2. The molecule has 0 radical (unpaired) electrons. The smallest absolute Gasteiger partial charge is 0.256 e. The zero-order valence-electron chi connectivity index (χ0n) is 17.9. The van der Waals surface area contributed by atoms with E-state index < -0.39 is 17.8 Å². The van der Waals surface area contributed by atoms with Crippen molar-refractivity contribution in [3.63, 3.8) is 0 Å². The van der Waals surface area contributed by atoms with E-state index in [1.807, 2.05) is 36.4 Å². The first kappa shape index (κ1) is 21.8. The lowest BCUT2D eigenvalue weighted by atomic mass is 9.95. The molecule has 2 unspecified atom stereocenters. The van der Waals surface area contributed by atoms with Crippen molar-refractivity contribution in [2.24, 2.45) is 5.73 Å².